The lowest BCUT2D eigenvalue weighted by molar-refractivity contribution is 1.28. The molecular weight excluding hydrogens is 773 g/mol. The Morgan fingerprint density at radius 1 is 0.156 bits per heavy atom. The molecule has 11 aromatic carbocycles. The van der Waals surface area contributed by atoms with Crippen LogP contribution in [0.4, 0.5) is 34.1 Å². The highest BCUT2D eigenvalue weighted by Gasteiger charge is 2.18. The maximum Gasteiger partial charge on any atom is 0.0473 e. The van der Waals surface area contributed by atoms with Gasteiger partial charge in [-0.25, -0.2) is 0 Å². The number of anilines is 6. The van der Waals surface area contributed by atoms with Crippen LogP contribution in [0, 0.1) is 0 Å². The van der Waals surface area contributed by atoms with E-state index in [4.69, 9.17) is 0 Å². The largest absolute Gasteiger partial charge is 0.310 e. The Balaban J connectivity index is 0.978. The molecule has 0 amide bonds. The molecule has 0 saturated carbocycles. The minimum Gasteiger partial charge on any atom is -0.310 e. The van der Waals surface area contributed by atoms with Crippen molar-refractivity contribution >= 4 is 55.7 Å². The van der Waals surface area contributed by atoms with E-state index < -0.39 is 0 Å². The van der Waals surface area contributed by atoms with Crippen molar-refractivity contribution in [1.29, 1.82) is 0 Å². The second kappa shape index (κ2) is 17.1. The SMILES string of the molecule is c1ccc(-c2ccc(N(c3ccc(-c4ccc(N(c5ccc6ccccc6c5)c5ccc6ccccc6c5)cc4)cc3)c3cc(-c4ccccc4)cc(-c4ccccc4)c3)cc2)cc1. The highest BCUT2D eigenvalue weighted by Crippen LogP contribution is 2.42. The summed E-state index contributed by atoms with van der Waals surface area (Å²) >= 11 is 0. The van der Waals surface area contributed by atoms with Gasteiger partial charge in [0.25, 0.3) is 0 Å². The predicted octanol–water partition coefficient (Wildman–Crippen LogP) is 17.6. The van der Waals surface area contributed by atoms with Gasteiger partial charge >= 0.3 is 0 Å². The molecule has 302 valence electrons. The summed E-state index contributed by atoms with van der Waals surface area (Å²) in [6.45, 7) is 0. The zero-order valence-electron chi connectivity index (χ0n) is 35.3. The summed E-state index contributed by atoms with van der Waals surface area (Å²) < 4.78 is 0. The van der Waals surface area contributed by atoms with E-state index >= 15 is 0 Å². The maximum atomic E-state index is 2.38. The van der Waals surface area contributed by atoms with E-state index in [-0.39, 0.29) is 0 Å². The molecule has 0 unspecified atom stereocenters. The fourth-order valence-corrected chi connectivity index (χ4v) is 8.90. The lowest BCUT2D eigenvalue weighted by atomic mass is 9.97. The Morgan fingerprint density at radius 3 is 0.812 bits per heavy atom. The fourth-order valence-electron chi connectivity index (χ4n) is 8.90. The topological polar surface area (TPSA) is 6.48 Å². The molecule has 11 rings (SSSR count). The predicted molar refractivity (Wildman–Crippen MR) is 273 cm³/mol. The van der Waals surface area contributed by atoms with Gasteiger partial charge in [-0.05, 0) is 145 Å². The van der Waals surface area contributed by atoms with Gasteiger partial charge in [0.05, 0.1) is 0 Å². The number of hydrogen-bond donors (Lipinski definition) is 0. The van der Waals surface area contributed by atoms with Crippen LogP contribution < -0.4 is 9.80 Å². The van der Waals surface area contributed by atoms with Crippen LogP contribution in [-0.4, -0.2) is 0 Å². The normalized spacial score (nSPS) is 11.1. The van der Waals surface area contributed by atoms with Crippen LogP contribution in [0.3, 0.4) is 0 Å². The smallest absolute Gasteiger partial charge is 0.0473 e. The number of benzene rings is 11. The molecule has 0 aromatic heterocycles. The molecule has 0 bridgehead atoms. The van der Waals surface area contributed by atoms with Crippen LogP contribution in [0.15, 0.2) is 267 Å². The Morgan fingerprint density at radius 2 is 0.438 bits per heavy atom. The van der Waals surface area contributed by atoms with E-state index in [2.05, 4.69) is 277 Å². The summed E-state index contributed by atoms with van der Waals surface area (Å²) in [5, 5.41) is 4.89. The summed E-state index contributed by atoms with van der Waals surface area (Å²) in [7, 11) is 0. The third-order valence-corrected chi connectivity index (χ3v) is 12.2. The molecule has 0 spiro atoms. The lowest BCUT2D eigenvalue weighted by Crippen LogP contribution is -2.10. The van der Waals surface area contributed by atoms with Gasteiger partial charge in [0.15, 0.2) is 0 Å². The van der Waals surface area contributed by atoms with Gasteiger partial charge in [0.1, 0.15) is 0 Å². The molecule has 0 N–H and O–H groups in total. The molecule has 0 aliphatic rings. The summed E-state index contributed by atoms with van der Waals surface area (Å²) in [6, 6.07) is 96.4. The van der Waals surface area contributed by atoms with Crippen LogP contribution in [0.25, 0.3) is 66.1 Å². The third-order valence-electron chi connectivity index (χ3n) is 12.2. The van der Waals surface area contributed by atoms with Crippen LogP contribution in [0.1, 0.15) is 0 Å². The number of nitrogens with zero attached hydrogens (tertiary/aromatic N) is 2. The van der Waals surface area contributed by atoms with E-state index in [1.807, 2.05) is 0 Å². The van der Waals surface area contributed by atoms with E-state index in [1.165, 1.54) is 54.9 Å². The molecule has 0 aliphatic heterocycles. The first kappa shape index (κ1) is 38.5. The first-order chi connectivity index (χ1) is 31.7. The second-order valence-corrected chi connectivity index (χ2v) is 16.2. The monoisotopic (exact) mass is 816 g/mol. The van der Waals surface area contributed by atoms with Crippen molar-refractivity contribution in [3.8, 4) is 44.5 Å². The van der Waals surface area contributed by atoms with Gasteiger partial charge in [-0.1, -0.05) is 188 Å². The lowest BCUT2D eigenvalue weighted by Gasteiger charge is -2.27. The Labute approximate surface area is 375 Å². The van der Waals surface area contributed by atoms with Crippen molar-refractivity contribution in [2.24, 2.45) is 0 Å². The van der Waals surface area contributed by atoms with Gasteiger partial charge < -0.3 is 9.80 Å². The molecule has 0 fully saturated rings. The van der Waals surface area contributed by atoms with Crippen molar-refractivity contribution in [1.82, 2.24) is 0 Å². The summed E-state index contributed by atoms with van der Waals surface area (Å²) in [5.41, 5.74) is 16.0. The molecule has 0 saturated heterocycles. The first-order valence-corrected chi connectivity index (χ1v) is 21.9. The molecular formula is C62H44N2. The Hall–Kier alpha value is -8.46. The van der Waals surface area contributed by atoms with Crippen LogP contribution >= 0.6 is 0 Å². The van der Waals surface area contributed by atoms with Crippen LogP contribution in [0.2, 0.25) is 0 Å². The van der Waals surface area contributed by atoms with E-state index in [0.29, 0.717) is 0 Å². The zero-order valence-corrected chi connectivity index (χ0v) is 35.3. The maximum absolute atomic E-state index is 2.38. The fraction of sp³-hybridized carbons (Fsp3) is 0. The van der Waals surface area contributed by atoms with Gasteiger partial charge in [0, 0.05) is 34.1 Å². The van der Waals surface area contributed by atoms with Crippen molar-refractivity contribution in [2.45, 2.75) is 0 Å². The summed E-state index contributed by atoms with van der Waals surface area (Å²) in [5.74, 6) is 0. The summed E-state index contributed by atoms with van der Waals surface area (Å²) in [6.07, 6.45) is 0. The molecule has 64 heavy (non-hydrogen) atoms. The molecule has 0 aliphatic carbocycles. The molecule has 2 heteroatoms. The minimum atomic E-state index is 1.08. The zero-order chi connectivity index (χ0) is 42.7. The van der Waals surface area contributed by atoms with Gasteiger partial charge in [-0.15, -0.1) is 0 Å². The standard InChI is InChI=1S/C62H44N2/c1-4-14-45(15-5-1)50-24-32-57(33-25-50)63(62-43-55(46-16-6-2-7-17-46)40-56(44-62)47-18-8-3-9-19-47)58-34-26-51(27-35-58)52-28-36-59(37-29-52)64(60-38-30-48-20-10-12-22-53(48)41-60)61-39-31-49-21-11-13-23-54(49)42-61/h1-44H. The molecule has 0 heterocycles. The number of rotatable bonds is 10. The van der Waals surface area contributed by atoms with Gasteiger partial charge in [0.2, 0.25) is 0 Å². The van der Waals surface area contributed by atoms with E-state index in [0.717, 1.165) is 45.3 Å². The minimum absolute atomic E-state index is 1.08. The Bertz CT molecular complexity index is 3210. The van der Waals surface area contributed by atoms with Crippen molar-refractivity contribution in [3.05, 3.63) is 267 Å². The number of fused-ring (bicyclic) bond motifs is 2. The van der Waals surface area contributed by atoms with Crippen LogP contribution in [0.5, 0.6) is 0 Å². The van der Waals surface area contributed by atoms with Crippen LogP contribution in [-0.2, 0) is 0 Å². The highest BCUT2D eigenvalue weighted by atomic mass is 15.1. The quantitative estimate of drug-likeness (QED) is 0.136. The van der Waals surface area contributed by atoms with Crippen molar-refractivity contribution < 1.29 is 0 Å². The average Bonchev–Trinajstić information content (AvgIpc) is 3.38. The third kappa shape index (κ3) is 7.81. The molecule has 11 aromatic rings. The molecule has 0 atom stereocenters. The Kier molecular flexibility index (Phi) is 10.3. The second-order valence-electron chi connectivity index (χ2n) is 16.2. The first-order valence-electron chi connectivity index (χ1n) is 21.9. The number of hydrogen-bond acceptors (Lipinski definition) is 2. The van der Waals surface area contributed by atoms with Crippen molar-refractivity contribution in [2.75, 3.05) is 9.80 Å². The summed E-state index contributed by atoms with van der Waals surface area (Å²) in [4.78, 5) is 4.74. The van der Waals surface area contributed by atoms with E-state index in [1.54, 1.807) is 0 Å². The average molecular weight is 817 g/mol. The van der Waals surface area contributed by atoms with E-state index in [9.17, 15) is 0 Å². The molecule has 0 radical (unpaired) electrons. The highest BCUT2D eigenvalue weighted by molar-refractivity contribution is 5.93. The van der Waals surface area contributed by atoms with Gasteiger partial charge in [-0.3, -0.25) is 0 Å². The van der Waals surface area contributed by atoms with Crippen molar-refractivity contribution in [3.63, 3.8) is 0 Å². The van der Waals surface area contributed by atoms with Gasteiger partial charge in [-0.2, -0.15) is 0 Å². The molecule has 2 nitrogen and oxygen atoms in total.